The van der Waals surface area contributed by atoms with E-state index in [0.717, 1.165) is 4.90 Å². The molecule has 184 valence electrons. The molecule has 3 aliphatic heterocycles. The molecule has 0 aromatic heterocycles. The van der Waals surface area contributed by atoms with Gasteiger partial charge in [0.2, 0.25) is 5.91 Å². The molecular weight excluding hydrogens is 466 g/mol. The molecule has 0 saturated carbocycles. The summed E-state index contributed by atoms with van der Waals surface area (Å²) < 4.78 is 40.2. The Hall–Kier alpha value is -2.98. The molecule has 0 spiro atoms. The fourth-order valence-electron chi connectivity index (χ4n) is 3.87. The number of ether oxygens (including phenoxy) is 1. The van der Waals surface area contributed by atoms with E-state index in [1.165, 1.54) is 0 Å². The van der Waals surface area contributed by atoms with Gasteiger partial charge in [-0.25, -0.2) is 14.5 Å². The summed E-state index contributed by atoms with van der Waals surface area (Å²) in [6.45, 7) is 4.80. The Kier molecular flexibility index (Phi) is 6.54. The molecule has 3 heterocycles. The highest BCUT2D eigenvalue weighted by Crippen LogP contribution is 2.30. The Morgan fingerprint density at radius 3 is 2.21 bits per heavy atom. The summed E-state index contributed by atoms with van der Waals surface area (Å²) in [6.07, 6.45) is -0.655. The van der Waals surface area contributed by atoms with E-state index in [0.29, 0.717) is 9.96 Å². The van der Waals surface area contributed by atoms with Crippen molar-refractivity contribution >= 4 is 40.2 Å². The van der Waals surface area contributed by atoms with Crippen LogP contribution in [0.5, 0.6) is 0 Å². The van der Waals surface area contributed by atoms with Gasteiger partial charge in [-0.3, -0.25) is 29.8 Å². The maximum Gasteiger partial charge on any atom is 0.418 e. The second-order valence-electron chi connectivity index (χ2n) is 8.79. The fourth-order valence-corrected chi connectivity index (χ4v) is 4.25. The van der Waals surface area contributed by atoms with E-state index in [-0.39, 0.29) is 32.2 Å². The van der Waals surface area contributed by atoms with Crippen molar-refractivity contribution < 1.29 is 46.0 Å². The standard InChI is InChI=1S/C17H25N5O10S/c1-17(2,3)31-16(27)21-11(6-7-12(21)23)14(25)19-18-13(24)10-5-4-9-8-20(10)15(26)22(9)32-33(28,29)30/h9-11H,4-8H2,1-3H3,(H,18,24)(H,19,25)(H,28,29,30)/t9-,10+,11+/m1/s1. The number of piperidine rings is 1. The third kappa shape index (κ3) is 5.51. The summed E-state index contributed by atoms with van der Waals surface area (Å²) >= 11 is 0. The molecule has 3 aliphatic rings. The van der Waals surface area contributed by atoms with Crippen molar-refractivity contribution in [1.82, 2.24) is 25.7 Å². The summed E-state index contributed by atoms with van der Waals surface area (Å²) in [4.78, 5) is 63.7. The number of hydroxylamine groups is 2. The van der Waals surface area contributed by atoms with Gasteiger partial charge in [-0.2, -0.15) is 13.5 Å². The van der Waals surface area contributed by atoms with Crippen LogP contribution in [0.3, 0.4) is 0 Å². The molecule has 2 bridgehead atoms. The number of likely N-dealkylation sites (tertiary alicyclic amines) is 1. The summed E-state index contributed by atoms with van der Waals surface area (Å²) in [7, 11) is -4.93. The number of hydrazine groups is 1. The van der Waals surface area contributed by atoms with Crippen LogP contribution in [-0.2, 0) is 33.8 Å². The Balaban J connectivity index is 1.59. The molecule has 3 saturated heterocycles. The Morgan fingerprint density at radius 2 is 1.64 bits per heavy atom. The van der Waals surface area contributed by atoms with E-state index in [1.807, 2.05) is 0 Å². The quantitative estimate of drug-likeness (QED) is 0.327. The zero-order valence-corrected chi connectivity index (χ0v) is 19.0. The minimum Gasteiger partial charge on any atom is -0.443 e. The summed E-state index contributed by atoms with van der Waals surface area (Å²) in [5.41, 5.74) is 3.44. The number of hydrogen-bond acceptors (Lipinski definition) is 9. The lowest BCUT2D eigenvalue weighted by Crippen LogP contribution is -2.57. The van der Waals surface area contributed by atoms with Crippen LogP contribution in [0.4, 0.5) is 9.59 Å². The largest absolute Gasteiger partial charge is 0.443 e. The highest BCUT2D eigenvalue weighted by Gasteiger charge is 2.49. The first-order valence-corrected chi connectivity index (χ1v) is 11.5. The number of imide groups is 1. The number of urea groups is 1. The van der Waals surface area contributed by atoms with Crippen LogP contribution >= 0.6 is 0 Å². The van der Waals surface area contributed by atoms with E-state index in [1.54, 1.807) is 20.8 Å². The lowest BCUT2D eigenvalue weighted by atomic mass is 10.0. The van der Waals surface area contributed by atoms with Gasteiger partial charge in [0.25, 0.3) is 11.8 Å². The minimum absolute atomic E-state index is 0.0239. The average Bonchev–Trinajstić information content (AvgIpc) is 3.17. The van der Waals surface area contributed by atoms with Gasteiger partial charge in [-0.1, -0.05) is 0 Å². The maximum atomic E-state index is 12.6. The Morgan fingerprint density at radius 1 is 1.03 bits per heavy atom. The van der Waals surface area contributed by atoms with Gasteiger partial charge < -0.3 is 9.64 Å². The molecule has 0 aromatic carbocycles. The van der Waals surface area contributed by atoms with Gasteiger partial charge in [0.15, 0.2) is 0 Å². The number of nitrogens with one attached hydrogen (secondary N) is 2. The number of hydrogen-bond donors (Lipinski definition) is 3. The normalized spacial score (nSPS) is 25.3. The highest BCUT2D eigenvalue weighted by atomic mass is 32.3. The number of nitrogens with zero attached hydrogens (tertiary/aromatic N) is 3. The van der Waals surface area contributed by atoms with Gasteiger partial charge in [0, 0.05) is 13.0 Å². The zero-order valence-electron chi connectivity index (χ0n) is 18.1. The second-order valence-corrected chi connectivity index (χ2v) is 9.79. The first-order valence-electron chi connectivity index (χ1n) is 10.1. The number of carbonyl (C=O) groups excluding carboxylic acids is 5. The average molecular weight is 491 g/mol. The third-order valence-electron chi connectivity index (χ3n) is 5.21. The van der Waals surface area contributed by atoms with E-state index in [4.69, 9.17) is 9.29 Å². The maximum absolute atomic E-state index is 12.6. The fraction of sp³-hybridized carbons (Fsp3) is 0.706. The molecule has 0 radical (unpaired) electrons. The second kappa shape index (κ2) is 8.75. The molecule has 0 unspecified atom stereocenters. The van der Waals surface area contributed by atoms with Crippen molar-refractivity contribution in [3.05, 3.63) is 0 Å². The predicted molar refractivity (Wildman–Crippen MR) is 106 cm³/mol. The Labute approximate surface area is 189 Å². The molecule has 6 amide bonds. The van der Waals surface area contributed by atoms with Gasteiger partial charge >= 0.3 is 22.5 Å². The lowest BCUT2D eigenvalue weighted by Gasteiger charge is -2.30. The molecule has 3 fully saturated rings. The highest BCUT2D eigenvalue weighted by molar-refractivity contribution is 7.80. The van der Waals surface area contributed by atoms with Crippen LogP contribution in [0.15, 0.2) is 0 Å². The Bertz CT molecular complexity index is 977. The van der Waals surface area contributed by atoms with Crippen LogP contribution in [-0.4, -0.2) is 88.0 Å². The minimum atomic E-state index is -4.93. The van der Waals surface area contributed by atoms with E-state index in [9.17, 15) is 32.4 Å². The first kappa shape index (κ1) is 24.7. The molecule has 3 atom stereocenters. The van der Waals surface area contributed by atoms with Crippen LogP contribution in [0, 0.1) is 0 Å². The van der Waals surface area contributed by atoms with E-state index in [2.05, 4.69) is 15.1 Å². The molecule has 3 N–H and O–H groups in total. The molecule has 3 rings (SSSR count). The number of rotatable bonds is 4. The topological polar surface area (TPSA) is 192 Å². The van der Waals surface area contributed by atoms with E-state index >= 15 is 0 Å². The van der Waals surface area contributed by atoms with Crippen molar-refractivity contribution in [3.8, 4) is 0 Å². The van der Waals surface area contributed by atoms with E-state index < -0.39 is 64.0 Å². The number of amides is 6. The van der Waals surface area contributed by atoms with Gasteiger partial charge in [-0.15, -0.1) is 4.28 Å². The van der Waals surface area contributed by atoms with Crippen LogP contribution < -0.4 is 10.9 Å². The molecule has 15 nitrogen and oxygen atoms in total. The molecule has 33 heavy (non-hydrogen) atoms. The van der Waals surface area contributed by atoms with Crippen LogP contribution in [0.2, 0.25) is 0 Å². The third-order valence-corrected chi connectivity index (χ3v) is 5.56. The molecule has 0 aromatic rings. The van der Waals surface area contributed by atoms with Crippen molar-refractivity contribution in [3.63, 3.8) is 0 Å². The van der Waals surface area contributed by atoms with Crippen LogP contribution in [0.25, 0.3) is 0 Å². The zero-order chi connectivity index (χ0) is 24.7. The number of carbonyl (C=O) groups is 5. The first-order chi connectivity index (χ1) is 15.2. The van der Waals surface area contributed by atoms with Crippen LogP contribution in [0.1, 0.15) is 46.5 Å². The lowest BCUT2D eigenvalue weighted by molar-refractivity contribution is -0.137. The monoisotopic (exact) mass is 491 g/mol. The van der Waals surface area contributed by atoms with Gasteiger partial charge in [0.1, 0.15) is 17.7 Å². The predicted octanol–water partition coefficient (Wildman–Crippen LogP) is -0.937. The van der Waals surface area contributed by atoms with Crippen molar-refractivity contribution in [2.45, 2.75) is 70.2 Å². The number of fused-ring (bicyclic) bond motifs is 2. The van der Waals surface area contributed by atoms with Gasteiger partial charge in [-0.05, 0) is 40.0 Å². The van der Waals surface area contributed by atoms with Crippen molar-refractivity contribution in [2.75, 3.05) is 6.54 Å². The van der Waals surface area contributed by atoms with Crippen molar-refractivity contribution in [2.24, 2.45) is 0 Å². The van der Waals surface area contributed by atoms with Crippen molar-refractivity contribution in [1.29, 1.82) is 0 Å². The molecule has 16 heteroatoms. The molecular formula is C17H25N5O10S. The SMILES string of the molecule is CC(C)(C)OC(=O)N1C(=O)CC[C@H]1C(=O)NNC(=O)[C@@H]1CC[C@@H]2CN1C(=O)N2OS(=O)(=O)O. The summed E-state index contributed by atoms with van der Waals surface area (Å²) in [5.74, 6) is -2.18. The molecule has 0 aliphatic carbocycles. The van der Waals surface area contributed by atoms with Gasteiger partial charge in [0.05, 0.1) is 6.04 Å². The smallest absolute Gasteiger partial charge is 0.418 e. The summed E-state index contributed by atoms with van der Waals surface area (Å²) in [5, 5.41) is 0.490. The summed E-state index contributed by atoms with van der Waals surface area (Å²) in [6, 6.07) is -3.84.